The fourth-order valence-electron chi connectivity index (χ4n) is 4.27. The van der Waals surface area contributed by atoms with Gasteiger partial charge in [-0.25, -0.2) is 4.98 Å². The van der Waals surface area contributed by atoms with Gasteiger partial charge in [0.15, 0.2) is 5.69 Å². The van der Waals surface area contributed by atoms with Crippen LogP contribution in [0.25, 0.3) is 0 Å². The number of para-hydroxylation sites is 1. The van der Waals surface area contributed by atoms with Crippen LogP contribution in [0.2, 0.25) is 0 Å². The lowest BCUT2D eigenvalue weighted by Gasteiger charge is -2.44. The predicted molar refractivity (Wildman–Crippen MR) is 106 cm³/mol. The zero-order valence-corrected chi connectivity index (χ0v) is 16.4. The molecule has 1 aromatic carbocycles. The molecule has 3 aliphatic rings. The Hall–Kier alpha value is -3.20. The van der Waals surface area contributed by atoms with Crippen LogP contribution in [0.15, 0.2) is 29.1 Å². The number of nitrogens with one attached hydrogen (secondary N) is 1. The normalized spacial score (nSPS) is 19.1. The van der Waals surface area contributed by atoms with E-state index in [1.165, 1.54) is 4.57 Å². The van der Waals surface area contributed by atoms with E-state index in [-0.39, 0.29) is 18.1 Å². The van der Waals surface area contributed by atoms with Gasteiger partial charge in [-0.05, 0) is 30.9 Å². The Morgan fingerprint density at radius 3 is 2.70 bits per heavy atom. The van der Waals surface area contributed by atoms with Crippen LogP contribution >= 0.6 is 0 Å². The fourth-order valence-corrected chi connectivity index (χ4v) is 4.27. The number of fused-ring (bicyclic) bond motifs is 2. The van der Waals surface area contributed by atoms with Crippen LogP contribution in [0.4, 0.5) is 5.69 Å². The van der Waals surface area contributed by atoms with Gasteiger partial charge in [-0.1, -0.05) is 18.2 Å². The Labute approximate surface area is 172 Å². The van der Waals surface area contributed by atoms with E-state index in [1.807, 2.05) is 24.3 Å². The number of hydrogen-bond donors (Lipinski definition) is 2. The van der Waals surface area contributed by atoms with Gasteiger partial charge in [0.25, 0.3) is 11.5 Å². The Morgan fingerprint density at radius 2 is 2.03 bits per heavy atom. The van der Waals surface area contributed by atoms with Crippen molar-refractivity contribution in [1.29, 1.82) is 0 Å². The van der Waals surface area contributed by atoms with E-state index in [4.69, 9.17) is 4.74 Å². The van der Waals surface area contributed by atoms with E-state index >= 15 is 0 Å². The molecular weight excluding hydrogens is 388 g/mol. The monoisotopic (exact) mass is 410 g/mol. The average molecular weight is 410 g/mol. The Bertz CT molecular complexity index is 1110. The molecule has 2 amide bonds. The number of nitrogens with zero attached hydrogens (tertiary/aromatic N) is 3. The Balaban J connectivity index is 1.42. The summed E-state index contributed by atoms with van der Waals surface area (Å²) in [7, 11) is 0. The minimum absolute atomic E-state index is 0.0431. The van der Waals surface area contributed by atoms with E-state index in [0.717, 1.165) is 30.5 Å². The summed E-state index contributed by atoms with van der Waals surface area (Å²) in [4.78, 5) is 43.3. The highest BCUT2D eigenvalue weighted by atomic mass is 16.5. The minimum Gasteiger partial charge on any atom is -0.501 e. The third-order valence-electron chi connectivity index (χ3n) is 6.19. The summed E-state index contributed by atoms with van der Waals surface area (Å²) in [6.45, 7) is 1.47. The van der Waals surface area contributed by atoms with Gasteiger partial charge in [0.1, 0.15) is 11.4 Å². The molecule has 9 heteroatoms. The lowest BCUT2D eigenvalue weighted by atomic mass is 9.78. The lowest BCUT2D eigenvalue weighted by molar-refractivity contribution is -0.134. The van der Waals surface area contributed by atoms with Crippen molar-refractivity contribution in [3.63, 3.8) is 0 Å². The first-order chi connectivity index (χ1) is 14.5. The Kier molecular flexibility index (Phi) is 4.35. The minimum atomic E-state index is -0.654. The SMILES string of the molecule is O=C(NCc1ccccc1N1CCC1=O)c1nc2n(c(=O)c1O)CCOC21CCC1. The molecule has 1 saturated carbocycles. The highest BCUT2D eigenvalue weighted by Gasteiger charge is 2.46. The number of benzene rings is 1. The molecule has 0 atom stereocenters. The zero-order valence-electron chi connectivity index (χ0n) is 16.4. The van der Waals surface area contributed by atoms with Crippen molar-refractivity contribution >= 4 is 17.5 Å². The van der Waals surface area contributed by atoms with E-state index in [2.05, 4.69) is 10.3 Å². The average Bonchev–Trinajstić information content (AvgIpc) is 2.72. The molecule has 156 valence electrons. The molecule has 1 saturated heterocycles. The molecule has 2 fully saturated rings. The maximum Gasteiger partial charge on any atom is 0.296 e. The molecule has 2 aliphatic heterocycles. The van der Waals surface area contributed by atoms with Crippen molar-refractivity contribution in [2.24, 2.45) is 0 Å². The molecule has 2 N–H and O–H groups in total. The number of aromatic nitrogens is 2. The maximum atomic E-state index is 12.8. The number of carbonyl (C=O) groups is 2. The predicted octanol–water partition coefficient (Wildman–Crippen LogP) is 1.02. The van der Waals surface area contributed by atoms with Crippen LogP contribution in [0.3, 0.4) is 0 Å². The first kappa shape index (κ1) is 18.8. The van der Waals surface area contributed by atoms with Crippen molar-refractivity contribution in [3.05, 3.63) is 51.7 Å². The number of ether oxygens (including phenoxy) is 1. The number of aromatic hydroxyl groups is 1. The van der Waals surface area contributed by atoms with Crippen LogP contribution in [-0.2, 0) is 28.2 Å². The second-order valence-corrected chi connectivity index (χ2v) is 7.89. The summed E-state index contributed by atoms with van der Waals surface area (Å²) in [5.74, 6) is -0.835. The van der Waals surface area contributed by atoms with Crippen molar-refractivity contribution in [1.82, 2.24) is 14.9 Å². The summed E-state index contributed by atoms with van der Waals surface area (Å²) in [5, 5.41) is 13.1. The van der Waals surface area contributed by atoms with Gasteiger partial charge in [0, 0.05) is 25.2 Å². The molecule has 2 aromatic rings. The van der Waals surface area contributed by atoms with Crippen molar-refractivity contribution < 1.29 is 19.4 Å². The number of carbonyl (C=O) groups excluding carboxylic acids is 2. The molecule has 1 spiro atoms. The van der Waals surface area contributed by atoms with Crippen LogP contribution in [0.1, 0.15) is 47.6 Å². The van der Waals surface area contributed by atoms with E-state index in [1.54, 1.807) is 4.90 Å². The molecule has 0 unspecified atom stereocenters. The highest BCUT2D eigenvalue weighted by molar-refractivity contribution is 6.00. The summed E-state index contributed by atoms with van der Waals surface area (Å²) in [5.41, 5.74) is -0.0257. The van der Waals surface area contributed by atoms with Gasteiger partial charge in [0.2, 0.25) is 11.7 Å². The summed E-state index contributed by atoms with van der Waals surface area (Å²) in [6.07, 6.45) is 2.96. The molecule has 0 radical (unpaired) electrons. The van der Waals surface area contributed by atoms with E-state index in [0.29, 0.717) is 31.9 Å². The topological polar surface area (TPSA) is 114 Å². The first-order valence-corrected chi connectivity index (χ1v) is 10.1. The van der Waals surface area contributed by atoms with Gasteiger partial charge < -0.3 is 20.1 Å². The first-order valence-electron chi connectivity index (χ1n) is 10.1. The molecule has 5 rings (SSSR count). The molecular formula is C21H22N4O5. The number of hydrogen-bond acceptors (Lipinski definition) is 6. The van der Waals surface area contributed by atoms with Crippen LogP contribution in [0.5, 0.6) is 5.75 Å². The summed E-state index contributed by atoms with van der Waals surface area (Å²) < 4.78 is 7.30. The molecule has 0 bridgehead atoms. The second kappa shape index (κ2) is 6.94. The smallest absolute Gasteiger partial charge is 0.296 e. The van der Waals surface area contributed by atoms with Crippen molar-refractivity contribution in [3.8, 4) is 5.75 Å². The van der Waals surface area contributed by atoms with Crippen LogP contribution in [0, 0.1) is 0 Å². The van der Waals surface area contributed by atoms with Crippen molar-refractivity contribution in [2.75, 3.05) is 18.1 Å². The molecule has 3 heterocycles. The summed E-state index contributed by atoms with van der Waals surface area (Å²) >= 11 is 0. The van der Waals surface area contributed by atoms with Gasteiger partial charge in [-0.2, -0.15) is 0 Å². The van der Waals surface area contributed by atoms with Crippen LogP contribution in [-0.4, -0.2) is 39.6 Å². The number of anilines is 1. The van der Waals surface area contributed by atoms with E-state index in [9.17, 15) is 19.5 Å². The van der Waals surface area contributed by atoms with Gasteiger partial charge in [-0.3, -0.25) is 19.0 Å². The number of rotatable bonds is 4. The molecule has 1 aliphatic carbocycles. The van der Waals surface area contributed by atoms with Gasteiger partial charge >= 0.3 is 0 Å². The zero-order chi connectivity index (χ0) is 20.9. The highest BCUT2D eigenvalue weighted by Crippen LogP contribution is 2.45. The number of β-lactam (4-membered cyclic amide) rings is 1. The standard InChI is InChI=1S/C21H22N4O5/c26-15-6-9-24(15)14-5-2-1-4-13(14)12-22-18(28)16-17(27)19(29)25-10-11-30-21(7-3-8-21)20(25)23-16/h1-2,4-5,27H,3,6-12H2,(H,22,28). The van der Waals surface area contributed by atoms with Gasteiger partial charge in [-0.15, -0.1) is 0 Å². The summed E-state index contributed by atoms with van der Waals surface area (Å²) in [6, 6.07) is 7.32. The Morgan fingerprint density at radius 1 is 1.23 bits per heavy atom. The fraction of sp³-hybridized carbons (Fsp3) is 0.429. The van der Waals surface area contributed by atoms with E-state index < -0.39 is 22.8 Å². The largest absolute Gasteiger partial charge is 0.501 e. The van der Waals surface area contributed by atoms with Crippen LogP contribution < -0.4 is 15.8 Å². The maximum absolute atomic E-state index is 12.8. The quantitative estimate of drug-likeness (QED) is 0.728. The third kappa shape index (κ3) is 2.80. The third-order valence-corrected chi connectivity index (χ3v) is 6.19. The molecule has 1 aromatic heterocycles. The van der Waals surface area contributed by atoms with Gasteiger partial charge in [0.05, 0.1) is 13.2 Å². The van der Waals surface area contributed by atoms with Crippen molar-refractivity contribution in [2.45, 2.75) is 44.4 Å². The molecule has 9 nitrogen and oxygen atoms in total. The lowest BCUT2D eigenvalue weighted by Crippen LogP contribution is -2.49. The molecule has 30 heavy (non-hydrogen) atoms. The number of amides is 2. The second-order valence-electron chi connectivity index (χ2n) is 7.89.